The van der Waals surface area contributed by atoms with Crippen molar-refractivity contribution in [2.45, 2.75) is 25.4 Å². The molecule has 0 saturated heterocycles. The molecule has 3 amide bonds. The van der Waals surface area contributed by atoms with Crippen molar-refractivity contribution in [2.75, 3.05) is 6.54 Å². The molecule has 1 aliphatic rings. The number of hydrogen-bond acceptors (Lipinski definition) is 4. The Balaban J connectivity index is 1.50. The lowest BCUT2D eigenvalue weighted by atomic mass is 10.0. The highest BCUT2D eigenvalue weighted by molar-refractivity contribution is 6.22. The fourth-order valence-corrected chi connectivity index (χ4v) is 3.64. The maximum absolute atomic E-state index is 13.1. The van der Waals surface area contributed by atoms with Crippen LogP contribution in [0.2, 0.25) is 0 Å². The minimum Gasteiger partial charge on any atom is -0.354 e. The number of benzene rings is 2. The number of imidazole rings is 1. The second kappa shape index (κ2) is 8.73. The number of nitrogens with zero attached hydrogens (tertiary/aromatic N) is 3. The van der Waals surface area contributed by atoms with E-state index in [2.05, 4.69) is 10.3 Å². The van der Waals surface area contributed by atoms with E-state index in [-0.39, 0.29) is 12.3 Å². The van der Waals surface area contributed by atoms with E-state index in [1.54, 1.807) is 36.8 Å². The first-order valence-electron chi connectivity index (χ1n) is 9.89. The van der Waals surface area contributed by atoms with Crippen LogP contribution in [-0.4, -0.2) is 44.8 Å². The molecule has 0 saturated carbocycles. The van der Waals surface area contributed by atoms with Gasteiger partial charge in [0.1, 0.15) is 6.04 Å². The van der Waals surface area contributed by atoms with Crippen LogP contribution in [0.3, 0.4) is 0 Å². The summed E-state index contributed by atoms with van der Waals surface area (Å²) in [4.78, 5) is 44.0. The van der Waals surface area contributed by atoms with Crippen molar-refractivity contribution in [2.24, 2.45) is 0 Å². The highest BCUT2D eigenvalue weighted by Crippen LogP contribution is 2.26. The summed E-state index contributed by atoms with van der Waals surface area (Å²) in [7, 11) is 0. The SMILES string of the molecule is O=C(NCCCn1ccnc1)[C@@H](Cc1ccccc1)N1C(=O)c2ccccc2C1=O. The summed E-state index contributed by atoms with van der Waals surface area (Å²) in [5, 5.41) is 2.89. The maximum atomic E-state index is 13.1. The molecule has 1 aromatic heterocycles. The van der Waals surface area contributed by atoms with Crippen molar-refractivity contribution < 1.29 is 14.4 Å². The zero-order valence-electron chi connectivity index (χ0n) is 16.4. The van der Waals surface area contributed by atoms with E-state index >= 15 is 0 Å². The Morgan fingerprint density at radius 1 is 0.967 bits per heavy atom. The van der Waals surface area contributed by atoms with E-state index in [0.717, 1.165) is 17.0 Å². The molecule has 30 heavy (non-hydrogen) atoms. The van der Waals surface area contributed by atoms with Crippen LogP contribution < -0.4 is 5.32 Å². The first-order valence-corrected chi connectivity index (χ1v) is 9.89. The zero-order valence-corrected chi connectivity index (χ0v) is 16.4. The summed E-state index contributed by atoms with van der Waals surface area (Å²) in [5.41, 5.74) is 1.56. The van der Waals surface area contributed by atoms with E-state index in [0.29, 0.717) is 24.1 Å². The molecule has 4 rings (SSSR count). The summed E-state index contributed by atoms with van der Waals surface area (Å²) in [6, 6.07) is 15.2. The predicted molar refractivity (Wildman–Crippen MR) is 111 cm³/mol. The number of imide groups is 1. The summed E-state index contributed by atoms with van der Waals surface area (Å²) in [6.07, 6.45) is 6.26. The lowest BCUT2D eigenvalue weighted by Gasteiger charge is -2.25. The van der Waals surface area contributed by atoms with Crippen LogP contribution in [-0.2, 0) is 17.8 Å². The maximum Gasteiger partial charge on any atom is 0.262 e. The molecule has 1 aliphatic heterocycles. The second-order valence-electron chi connectivity index (χ2n) is 7.18. The van der Waals surface area contributed by atoms with Crippen LogP contribution in [0.15, 0.2) is 73.3 Å². The molecule has 0 radical (unpaired) electrons. The van der Waals surface area contributed by atoms with E-state index in [1.807, 2.05) is 41.1 Å². The number of carbonyl (C=O) groups excluding carboxylic acids is 3. The first kappa shape index (κ1) is 19.6. The molecule has 1 atom stereocenters. The average Bonchev–Trinajstić information content (AvgIpc) is 3.38. The molecule has 7 heteroatoms. The van der Waals surface area contributed by atoms with Crippen LogP contribution in [0.5, 0.6) is 0 Å². The van der Waals surface area contributed by atoms with Gasteiger partial charge < -0.3 is 9.88 Å². The largest absolute Gasteiger partial charge is 0.354 e. The number of carbonyl (C=O) groups is 3. The Bertz CT molecular complexity index is 1010. The quantitative estimate of drug-likeness (QED) is 0.463. The van der Waals surface area contributed by atoms with E-state index in [4.69, 9.17) is 0 Å². The summed E-state index contributed by atoms with van der Waals surface area (Å²) in [6.45, 7) is 1.15. The van der Waals surface area contributed by atoms with Crippen LogP contribution in [0.4, 0.5) is 0 Å². The predicted octanol–water partition coefficient (Wildman–Crippen LogP) is 2.30. The average molecular weight is 402 g/mol. The lowest BCUT2D eigenvalue weighted by Crippen LogP contribution is -2.51. The Hall–Kier alpha value is -3.74. The molecule has 2 heterocycles. The normalized spacial score (nSPS) is 13.9. The van der Waals surface area contributed by atoms with Crippen LogP contribution in [0, 0.1) is 0 Å². The van der Waals surface area contributed by atoms with E-state index in [9.17, 15) is 14.4 Å². The standard InChI is InChI=1S/C23H22N4O3/c28-21(25-11-6-13-26-14-12-24-16-26)20(15-17-7-2-1-3-8-17)27-22(29)18-9-4-5-10-19(18)23(27)30/h1-5,7-10,12,14,16,20H,6,11,13,15H2,(H,25,28)/t20-/m1/s1. The molecule has 0 fully saturated rings. The van der Waals surface area contributed by atoms with Crippen molar-refractivity contribution in [3.63, 3.8) is 0 Å². The number of fused-ring (bicyclic) bond motifs is 1. The Labute approximate surface area is 174 Å². The van der Waals surface area contributed by atoms with Gasteiger partial charge in [-0.25, -0.2) is 4.98 Å². The van der Waals surface area contributed by atoms with Crippen molar-refractivity contribution in [3.05, 3.63) is 90.0 Å². The van der Waals surface area contributed by atoms with Crippen LogP contribution >= 0.6 is 0 Å². The van der Waals surface area contributed by atoms with E-state index < -0.39 is 17.9 Å². The van der Waals surface area contributed by atoms with Gasteiger partial charge in [0.2, 0.25) is 5.91 Å². The van der Waals surface area contributed by atoms with Crippen LogP contribution in [0.1, 0.15) is 32.7 Å². The smallest absolute Gasteiger partial charge is 0.262 e. The molecule has 2 aromatic carbocycles. The third kappa shape index (κ3) is 4.00. The topological polar surface area (TPSA) is 84.3 Å². The molecule has 7 nitrogen and oxygen atoms in total. The zero-order chi connectivity index (χ0) is 20.9. The Morgan fingerprint density at radius 2 is 1.63 bits per heavy atom. The minimum atomic E-state index is -0.909. The van der Waals surface area contributed by atoms with Gasteiger partial charge in [-0.2, -0.15) is 0 Å². The van der Waals surface area contributed by atoms with Gasteiger partial charge in [0.25, 0.3) is 11.8 Å². The molecule has 0 bridgehead atoms. The van der Waals surface area contributed by atoms with Crippen LogP contribution in [0.25, 0.3) is 0 Å². The molecule has 1 N–H and O–H groups in total. The summed E-state index contributed by atoms with van der Waals surface area (Å²) >= 11 is 0. The number of amides is 3. The lowest BCUT2D eigenvalue weighted by molar-refractivity contribution is -0.125. The van der Waals surface area contributed by atoms with Crippen molar-refractivity contribution >= 4 is 17.7 Å². The highest BCUT2D eigenvalue weighted by Gasteiger charge is 2.42. The number of rotatable bonds is 8. The van der Waals surface area contributed by atoms with Crippen molar-refractivity contribution in [1.29, 1.82) is 0 Å². The number of aryl methyl sites for hydroxylation is 1. The van der Waals surface area contributed by atoms with Gasteiger partial charge in [0, 0.05) is 31.9 Å². The number of aromatic nitrogens is 2. The Kier molecular flexibility index (Phi) is 5.70. The number of hydrogen-bond donors (Lipinski definition) is 1. The second-order valence-corrected chi connectivity index (χ2v) is 7.18. The molecular formula is C23H22N4O3. The fourth-order valence-electron chi connectivity index (χ4n) is 3.64. The van der Waals surface area contributed by atoms with Gasteiger partial charge in [-0.3, -0.25) is 19.3 Å². The monoisotopic (exact) mass is 402 g/mol. The summed E-state index contributed by atoms with van der Waals surface area (Å²) in [5.74, 6) is -1.19. The Morgan fingerprint density at radius 3 is 2.27 bits per heavy atom. The molecule has 3 aromatic rings. The molecular weight excluding hydrogens is 380 g/mol. The molecule has 0 aliphatic carbocycles. The van der Waals surface area contributed by atoms with Gasteiger partial charge in [-0.1, -0.05) is 42.5 Å². The van der Waals surface area contributed by atoms with E-state index in [1.165, 1.54) is 0 Å². The highest BCUT2D eigenvalue weighted by atomic mass is 16.2. The van der Waals surface area contributed by atoms with Crippen molar-refractivity contribution in [3.8, 4) is 0 Å². The van der Waals surface area contributed by atoms with Gasteiger partial charge in [-0.15, -0.1) is 0 Å². The van der Waals surface area contributed by atoms with Gasteiger partial charge in [-0.05, 0) is 24.1 Å². The fraction of sp³-hybridized carbons (Fsp3) is 0.217. The van der Waals surface area contributed by atoms with Gasteiger partial charge >= 0.3 is 0 Å². The third-order valence-corrected chi connectivity index (χ3v) is 5.16. The van der Waals surface area contributed by atoms with Crippen molar-refractivity contribution in [1.82, 2.24) is 19.8 Å². The number of nitrogens with one attached hydrogen (secondary N) is 1. The van der Waals surface area contributed by atoms with Gasteiger partial charge in [0.05, 0.1) is 17.5 Å². The first-order chi connectivity index (χ1) is 14.6. The van der Waals surface area contributed by atoms with Gasteiger partial charge in [0.15, 0.2) is 0 Å². The molecule has 0 unspecified atom stereocenters. The molecule has 152 valence electrons. The molecule has 0 spiro atoms. The third-order valence-electron chi connectivity index (χ3n) is 5.16. The summed E-state index contributed by atoms with van der Waals surface area (Å²) < 4.78 is 1.93. The minimum absolute atomic E-state index is 0.264.